The molecule has 0 bridgehead atoms. The molecule has 1 fully saturated rings. The van der Waals surface area contributed by atoms with Gasteiger partial charge < -0.3 is 26.0 Å². The lowest BCUT2D eigenvalue weighted by atomic mass is 10.0. The molecule has 2 heterocycles. The SMILES string of the molecule is CNC(N)C1=C(NC2COC2)CCN(C)C1. The molecule has 5 nitrogen and oxygen atoms in total. The maximum Gasteiger partial charge on any atom is 0.0798 e. The van der Waals surface area contributed by atoms with Gasteiger partial charge in [0.25, 0.3) is 0 Å². The van der Waals surface area contributed by atoms with E-state index in [4.69, 9.17) is 10.5 Å². The van der Waals surface area contributed by atoms with Crippen LogP contribution in [0.25, 0.3) is 0 Å². The smallest absolute Gasteiger partial charge is 0.0798 e. The summed E-state index contributed by atoms with van der Waals surface area (Å²) in [5, 5.41) is 6.67. The molecule has 2 aliphatic rings. The highest BCUT2D eigenvalue weighted by molar-refractivity contribution is 5.23. The number of nitrogens with one attached hydrogen (secondary N) is 2. The van der Waals surface area contributed by atoms with Crippen LogP contribution in [0.2, 0.25) is 0 Å². The van der Waals surface area contributed by atoms with Crippen molar-refractivity contribution < 1.29 is 4.74 Å². The van der Waals surface area contributed by atoms with Gasteiger partial charge in [-0.15, -0.1) is 0 Å². The van der Waals surface area contributed by atoms with Crippen molar-refractivity contribution in [3.8, 4) is 0 Å². The number of hydrogen-bond donors (Lipinski definition) is 3. The molecule has 0 aromatic heterocycles. The van der Waals surface area contributed by atoms with E-state index in [2.05, 4.69) is 22.6 Å². The summed E-state index contributed by atoms with van der Waals surface area (Å²) in [7, 11) is 4.03. The zero-order valence-corrected chi connectivity index (χ0v) is 10.1. The van der Waals surface area contributed by atoms with Crippen LogP contribution in [0.5, 0.6) is 0 Å². The summed E-state index contributed by atoms with van der Waals surface area (Å²) in [4.78, 5) is 2.30. The van der Waals surface area contributed by atoms with E-state index in [1.807, 2.05) is 7.05 Å². The lowest BCUT2D eigenvalue weighted by Crippen LogP contribution is -2.50. The predicted octanol–water partition coefficient (Wildman–Crippen LogP) is -0.931. The second-order valence-corrected chi connectivity index (χ2v) is 4.64. The first-order chi connectivity index (χ1) is 7.70. The highest BCUT2D eigenvalue weighted by Crippen LogP contribution is 2.18. The van der Waals surface area contributed by atoms with E-state index in [9.17, 15) is 0 Å². The minimum atomic E-state index is -0.0498. The Labute approximate surface area is 97.0 Å². The molecule has 16 heavy (non-hydrogen) atoms. The fourth-order valence-corrected chi connectivity index (χ4v) is 2.12. The molecule has 1 unspecified atom stereocenters. The first-order valence-electron chi connectivity index (χ1n) is 5.88. The van der Waals surface area contributed by atoms with Gasteiger partial charge in [0, 0.05) is 18.8 Å². The van der Waals surface area contributed by atoms with Crippen LogP contribution in [0.15, 0.2) is 11.3 Å². The van der Waals surface area contributed by atoms with Gasteiger partial charge in [-0.2, -0.15) is 0 Å². The molecule has 1 atom stereocenters. The van der Waals surface area contributed by atoms with E-state index in [0.717, 1.165) is 32.7 Å². The first kappa shape index (κ1) is 11.9. The predicted molar refractivity (Wildman–Crippen MR) is 63.9 cm³/mol. The third-order valence-corrected chi connectivity index (χ3v) is 3.27. The van der Waals surface area contributed by atoms with Crippen molar-refractivity contribution >= 4 is 0 Å². The largest absolute Gasteiger partial charge is 0.381 e. The fraction of sp³-hybridized carbons (Fsp3) is 0.818. The van der Waals surface area contributed by atoms with Gasteiger partial charge in [0.1, 0.15) is 0 Å². The average molecular weight is 226 g/mol. The topological polar surface area (TPSA) is 62.6 Å². The second kappa shape index (κ2) is 5.14. The van der Waals surface area contributed by atoms with E-state index >= 15 is 0 Å². The summed E-state index contributed by atoms with van der Waals surface area (Å²) in [6.07, 6.45) is 1.00. The van der Waals surface area contributed by atoms with Crippen molar-refractivity contribution in [2.75, 3.05) is 40.4 Å². The average Bonchev–Trinajstić information content (AvgIpc) is 2.23. The maximum absolute atomic E-state index is 6.07. The van der Waals surface area contributed by atoms with Gasteiger partial charge in [-0.05, 0) is 26.1 Å². The van der Waals surface area contributed by atoms with Crippen molar-refractivity contribution in [2.24, 2.45) is 5.73 Å². The van der Waals surface area contributed by atoms with Gasteiger partial charge >= 0.3 is 0 Å². The Morgan fingerprint density at radius 1 is 1.50 bits per heavy atom. The van der Waals surface area contributed by atoms with Crippen molar-refractivity contribution in [1.29, 1.82) is 0 Å². The molecule has 0 amide bonds. The van der Waals surface area contributed by atoms with Crippen LogP contribution in [0.1, 0.15) is 6.42 Å². The molecule has 0 aromatic carbocycles. The number of hydrogen-bond acceptors (Lipinski definition) is 5. The number of ether oxygens (including phenoxy) is 1. The fourth-order valence-electron chi connectivity index (χ4n) is 2.12. The van der Waals surface area contributed by atoms with Crippen molar-refractivity contribution in [3.63, 3.8) is 0 Å². The number of nitrogens with zero attached hydrogens (tertiary/aromatic N) is 1. The minimum Gasteiger partial charge on any atom is -0.381 e. The Bertz CT molecular complexity index is 275. The van der Waals surface area contributed by atoms with Gasteiger partial charge in [-0.3, -0.25) is 0 Å². The van der Waals surface area contributed by atoms with E-state index in [1.165, 1.54) is 11.3 Å². The monoisotopic (exact) mass is 226 g/mol. The molecule has 0 saturated carbocycles. The van der Waals surface area contributed by atoms with Crippen molar-refractivity contribution in [3.05, 3.63) is 11.3 Å². The summed E-state index contributed by atoms with van der Waals surface area (Å²) >= 11 is 0. The van der Waals surface area contributed by atoms with Crippen LogP contribution >= 0.6 is 0 Å². The van der Waals surface area contributed by atoms with Gasteiger partial charge in [0.05, 0.1) is 25.4 Å². The number of likely N-dealkylation sites (N-methyl/N-ethyl adjacent to an activating group) is 2. The molecule has 1 saturated heterocycles. The quantitative estimate of drug-likeness (QED) is 0.541. The standard InChI is InChI=1S/C11H22N4O/c1-13-11(12)9-5-15(2)4-3-10(9)14-8-6-16-7-8/h8,11,13-14H,3-7,12H2,1-2H3. The molecular weight excluding hydrogens is 204 g/mol. The lowest BCUT2D eigenvalue weighted by Gasteiger charge is -2.35. The van der Waals surface area contributed by atoms with Crippen molar-refractivity contribution in [1.82, 2.24) is 15.5 Å². The third kappa shape index (κ3) is 2.55. The molecule has 0 aromatic rings. The zero-order valence-electron chi connectivity index (χ0n) is 10.1. The Balaban J connectivity index is 2.06. The first-order valence-corrected chi connectivity index (χ1v) is 5.88. The normalized spacial score (nSPS) is 25.4. The summed E-state index contributed by atoms with van der Waals surface area (Å²) in [6.45, 7) is 3.68. The molecule has 5 heteroatoms. The highest BCUT2D eigenvalue weighted by atomic mass is 16.5. The number of rotatable bonds is 4. The minimum absolute atomic E-state index is 0.0498. The Hall–Kier alpha value is -0.620. The summed E-state index contributed by atoms with van der Waals surface area (Å²) in [6, 6.07) is 0.484. The van der Waals surface area contributed by atoms with Gasteiger partial charge in [0.15, 0.2) is 0 Å². The van der Waals surface area contributed by atoms with Crippen LogP contribution in [0.3, 0.4) is 0 Å². The van der Waals surface area contributed by atoms with Crippen molar-refractivity contribution in [2.45, 2.75) is 18.6 Å². The van der Waals surface area contributed by atoms with Gasteiger partial charge in [-0.25, -0.2) is 0 Å². The summed E-state index contributed by atoms with van der Waals surface area (Å²) < 4.78 is 5.18. The molecule has 0 aliphatic carbocycles. The maximum atomic E-state index is 6.07. The van der Waals surface area contributed by atoms with Gasteiger partial charge in [-0.1, -0.05) is 0 Å². The van der Waals surface area contributed by atoms with E-state index in [0.29, 0.717) is 6.04 Å². The number of nitrogens with two attached hydrogens (primary N) is 1. The van der Waals surface area contributed by atoms with E-state index in [1.54, 1.807) is 0 Å². The summed E-state index contributed by atoms with van der Waals surface area (Å²) in [5.74, 6) is 0. The van der Waals surface area contributed by atoms with Crippen LogP contribution in [-0.2, 0) is 4.74 Å². The Morgan fingerprint density at radius 3 is 2.81 bits per heavy atom. The molecule has 0 spiro atoms. The molecule has 0 radical (unpaired) electrons. The summed E-state index contributed by atoms with van der Waals surface area (Å²) in [5.41, 5.74) is 8.66. The van der Waals surface area contributed by atoms with Crippen LogP contribution < -0.4 is 16.4 Å². The van der Waals surface area contributed by atoms with Gasteiger partial charge in [0.2, 0.25) is 0 Å². The van der Waals surface area contributed by atoms with Crippen LogP contribution in [0.4, 0.5) is 0 Å². The molecule has 2 aliphatic heterocycles. The highest BCUT2D eigenvalue weighted by Gasteiger charge is 2.25. The van der Waals surface area contributed by atoms with E-state index in [-0.39, 0.29) is 6.17 Å². The molecule has 2 rings (SSSR count). The second-order valence-electron chi connectivity index (χ2n) is 4.64. The van der Waals surface area contributed by atoms with E-state index < -0.39 is 0 Å². The molecule has 92 valence electrons. The third-order valence-electron chi connectivity index (χ3n) is 3.27. The lowest BCUT2D eigenvalue weighted by molar-refractivity contribution is -0.00176. The van der Waals surface area contributed by atoms with Crippen LogP contribution in [0, 0.1) is 0 Å². The zero-order chi connectivity index (χ0) is 11.5. The Morgan fingerprint density at radius 2 is 2.25 bits per heavy atom. The van der Waals surface area contributed by atoms with Crippen LogP contribution in [-0.4, -0.2) is 57.5 Å². The molecule has 4 N–H and O–H groups in total. The Kier molecular flexibility index (Phi) is 3.81. The molecular formula is C11H22N4O.